The lowest BCUT2D eigenvalue weighted by Crippen LogP contribution is -2.15. The van der Waals surface area contributed by atoms with Crippen LogP contribution in [0.1, 0.15) is 57.9 Å². The Labute approximate surface area is 158 Å². The second kappa shape index (κ2) is 9.75. The molecule has 2 rings (SSSR count). The van der Waals surface area contributed by atoms with E-state index in [0.717, 1.165) is 37.2 Å². The van der Waals surface area contributed by atoms with Crippen molar-refractivity contribution < 1.29 is 23.9 Å². The number of hydrogen-bond acceptors (Lipinski definition) is 5. The van der Waals surface area contributed by atoms with Gasteiger partial charge in [-0.15, -0.1) is 0 Å². The Kier molecular flexibility index (Phi) is 7.40. The van der Waals surface area contributed by atoms with Crippen molar-refractivity contribution in [2.75, 3.05) is 13.7 Å². The van der Waals surface area contributed by atoms with Gasteiger partial charge in [0.25, 0.3) is 0 Å². The topological polar surface area (TPSA) is 90.4 Å². The first kappa shape index (κ1) is 20.5. The van der Waals surface area contributed by atoms with Gasteiger partial charge < -0.3 is 19.0 Å². The monoisotopic (exact) mass is 374 g/mol. The molecular weight excluding hydrogens is 348 g/mol. The van der Waals surface area contributed by atoms with Crippen molar-refractivity contribution in [2.24, 2.45) is 0 Å². The summed E-state index contributed by atoms with van der Waals surface area (Å²) in [5, 5.41) is 0. The summed E-state index contributed by atoms with van der Waals surface area (Å²) in [5.74, 6) is -0.960. The summed E-state index contributed by atoms with van der Waals surface area (Å²) >= 11 is 0. The quantitative estimate of drug-likeness (QED) is 0.392. The molecular formula is C20H26N2O5. The Morgan fingerprint density at radius 2 is 1.93 bits per heavy atom. The van der Waals surface area contributed by atoms with E-state index in [4.69, 9.17) is 4.74 Å². The lowest BCUT2D eigenvalue weighted by molar-refractivity contribution is -0.140. The van der Waals surface area contributed by atoms with E-state index in [1.807, 2.05) is 19.9 Å². The zero-order valence-corrected chi connectivity index (χ0v) is 16.0. The molecule has 2 aromatic heterocycles. The molecule has 0 spiro atoms. The predicted octanol–water partition coefficient (Wildman–Crippen LogP) is 3.21. The number of methoxy groups -OCH3 is 1. The van der Waals surface area contributed by atoms with E-state index in [-0.39, 0.29) is 18.4 Å². The van der Waals surface area contributed by atoms with Crippen molar-refractivity contribution in [2.45, 2.75) is 46.1 Å². The molecule has 2 heterocycles. The van der Waals surface area contributed by atoms with Crippen LogP contribution in [0.2, 0.25) is 0 Å². The minimum atomic E-state index is -0.548. The fraction of sp³-hybridized carbons (Fsp3) is 0.450. The number of aryl methyl sites for hydroxylation is 1. The molecule has 0 aliphatic carbocycles. The third-order valence-electron chi connectivity index (χ3n) is 4.52. The molecule has 1 N–H and O–H groups in total. The predicted molar refractivity (Wildman–Crippen MR) is 99.8 cm³/mol. The van der Waals surface area contributed by atoms with Gasteiger partial charge in [-0.2, -0.15) is 0 Å². The summed E-state index contributed by atoms with van der Waals surface area (Å²) in [6.45, 7) is 4.32. The summed E-state index contributed by atoms with van der Waals surface area (Å²) in [6, 6.07) is 5.12. The minimum absolute atomic E-state index is 0.190. The number of ketones is 1. The lowest BCUT2D eigenvalue weighted by Gasteiger charge is -2.10. The van der Waals surface area contributed by atoms with Crippen LogP contribution in [0.25, 0.3) is 0 Å². The van der Waals surface area contributed by atoms with Gasteiger partial charge in [0.1, 0.15) is 5.69 Å². The van der Waals surface area contributed by atoms with E-state index >= 15 is 0 Å². The molecule has 0 atom stereocenters. The van der Waals surface area contributed by atoms with Crippen LogP contribution in [0.5, 0.6) is 0 Å². The molecule has 7 nitrogen and oxygen atoms in total. The van der Waals surface area contributed by atoms with E-state index in [1.165, 1.54) is 7.11 Å². The van der Waals surface area contributed by atoms with Gasteiger partial charge >= 0.3 is 11.9 Å². The first-order valence-corrected chi connectivity index (χ1v) is 9.01. The standard InChI is InChI=1S/C20H26N2O5/c1-14-12-16(18(23)13-27-20(25)17-8-7-10-21-17)15(2)22(14)11-6-4-5-9-19(24)26-3/h7-8,10,12,21H,4-6,9,11,13H2,1-3H3. The maximum atomic E-state index is 12.4. The number of aromatic amines is 1. The number of ether oxygens (including phenoxy) is 2. The summed E-state index contributed by atoms with van der Waals surface area (Å²) in [5.41, 5.74) is 2.74. The van der Waals surface area contributed by atoms with Crippen LogP contribution in [0.3, 0.4) is 0 Å². The summed E-state index contributed by atoms with van der Waals surface area (Å²) < 4.78 is 11.8. The summed E-state index contributed by atoms with van der Waals surface area (Å²) in [4.78, 5) is 38.1. The number of carbonyl (C=O) groups is 3. The normalized spacial score (nSPS) is 10.6. The van der Waals surface area contributed by atoms with E-state index in [1.54, 1.807) is 18.3 Å². The Hall–Kier alpha value is -2.83. The number of esters is 2. The van der Waals surface area contributed by atoms with E-state index in [9.17, 15) is 14.4 Å². The highest BCUT2D eigenvalue weighted by Gasteiger charge is 2.18. The number of rotatable bonds is 10. The molecule has 0 saturated heterocycles. The van der Waals surface area contributed by atoms with Gasteiger partial charge in [-0.25, -0.2) is 4.79 Å². The maximum absolute atomic E-state index is 12.4. The molecule has 0 aromatic carbocycles. The second-order valence-electron chi connectivity index (χ2n) is 6.41. The van der Waals surface area contributed by atoms with Gasteiger partial charge in [-0.1, -0.05) is 6.42 Å². The van der Waals surface area contributed by atoms with Crippen molar-refractivity contribution >= 4 is 17.7 Å². The first-order chi connectivity index (χ1) is 12.9. The maximum Gasteiger partial charge on any atom is 0.355 e. The van der Waals surface area contributed by atoms with Crippen molar-refractivity contribution in [1.29, 1.82) is 0 Å². The lowest BCUT2D eigenvalue weighted by atomic mass is 10.1. The molecule has 0 saturated carbocycles. The van der Waals surface area contributed by atoms with Crippen LogP contribution >= 0.6 is 0 Å². The zero-order valence-electron chi connectivity index (χ0n) is 16.0. The Morgan fingerprint density at radius 3 is 2.59 bits per heavy atom. The van der Waals surface area contributed by atoms with Crippen LogP contribution in [-0.4, -0.2) is 41.0 Å². The second-order valence-corrected chi connectivity index (χ2v) is 6.41. The number of H-pyrrole nitrogens is 1. The highest BCUT2D eigenvalue weighted by atomic mass is 16.5. The zero-order chi connectivity index (χ0) is 19.8. The number of nitrogens with one attached hydrogen (secondary N) is 1. The average molecular weight is 374 g/mol. The van der Waals surface area contributed by atoms with E-state index < -0.39 is 5.97 Å². The van der Waals surface area contributed by atoms with E-state index in [0.29, 0.717) is 17.7 Å². The Bertz CT molecular complexity index is 790. The molecule has 0 fully saturated rings. The van der Waals surface area contributed by atoms with Gasteiger partial charge in [0.2, 0.25) is 5.78 Å². The number of nitrogens with zero attached hydrogens (tertiary/aromatic N) is 1. The fourth-order valence-electron chi connectivity index (χ4n) is 2.99. The third-order valence-corrected chi connectivity index (χ3v) is 4.52. The molecule has 7 heteroatoms. The van der Waals surface area contributed by atoms with Crippen LogP contribution in [0.4, 0.5) is 0 Å². The Balaban J connectivity index is 1.87. The number of unbranched alkanes of at least 4 members (excludes halogenated alkanes) is 2. The molecule has 0 bridgehead atoms. The smallest absolute Gasteiger partial charge is 0.355 e. The molecule has 0 aliphatic heterocycles. The number of Topliss-reactive ketones (excluding diaryl/α,β-unsaturated/α-hetero) is 1. The van der Waals surface area contributed by atoms with Crippen LogP contribution < -0.4 is 0 Å². The average Bonchev–Trinajstić information content (AvgIpc) is 3.28. The number of hydrogen-bond donors (Lipinski definition) is 1. The van der Waals surface area contributed by atoms with Gasteiger partial charge in [-0.05, 0) is 44.9 Å². The highest BCUT2D eigenvalue weighted by Crippen LogP contribution is 2.17. The summed E-state index contributed by atoms with van der Waals surface area (Å²) in [7, 11) is 1.39. The number of carbonyl (C=O) groups excluding carboxylic acids is 3. The fourth-order valence-corrected chi connectivity index (χ4v) is 2.99. The van der Waals surface area contributed by atoms with Gasteiger partial charge in [0.05, 0.1) is 7.11 Å². The number of aromatic nitrogens is 2. The van der Waals surface area contributed by atoms with Crippen molar-refractivity contribution in [3.8, 4) is 0 Å². The van der Waals surface area contributed by atoms with Crippen LogP contribution in [0.15, 0.2) is 24.4 Å². The largest absolute Gasteiger partial charge is 0.469 e. The van der Waals surface area contributed by atoms with Gasteiger partial charge in [-0.3, -0.25) is 9.59 Å². The minimum Gasteiger partial charge on any atom is -0.469 e. The van der Waals surface area contributed by atoms with Crippen LogP contribution in [-0.2, 0) is 20.8 Å². The third kappa shape index (κ3) is 5.57. The van der Waals surface area contributed by atoms with E-state index in [2.05, 4.69) is 14.3 Å². The molecule has 0 amide bonds. The van der Waals surface area contributed by atoms with Crippen molar-refractivity contribution in [3.05, 3.63) is 47.0 Å². The highest BCUT2D eigenvalue weighted by molar-refractivity contribution is 6.00. The molecule has 27 heavy (non-hydrogen) atoms. The van der Waals surface area contributed by atoms with Gasteiger partial charge in [0, 0.05) is 36.1 Å². The first-order valence-electron chi connectivity index (χ1n) is 9.01. The molecule has 2 aromatic rings. The SMILES string of the molecule is COC(=O)CCCCCn1c(C)cc(C(=O)COC(=O)c2ccc[nH]2)c1C. The molecule has 146 valence electrons. The van der Waals surface area contributed by atoms with Crippen molar-refractivity contribution in [3.63, 3.8) is 0 Å². The molecule has 0 radical (unpaired) electrons. The molecule has 0 unspecified atom stereocenters. The summed E-state index contributed by atoms with van der Waals surface area (Å²) in [6.07, 6.45) is 4.64. The van der Waals surface area contributed by atoms with Crippen LogP contribution in [0, 0.1) is 13.8 Å². The Morgan fingerprint density at radius 1 is 1.15 bits per heavy atom. The molecule has 0 aliphatic rings. The van der Waals surface area contributed by atoms with Crippen molar-refractivity contribution in [1.82, 2.24) is 9.55 Å². The van der Waals surface area contributed by atoms with Gasteiger partial charge in [0.15, 0.2) is 6.61 Å².